The second-order valence-corrected chi connectivity index (χ2v) is 3.39. The molecule has 1 rings (SSSR count). The van der Waals surface area contributed by atoms with Crippen LogP contribution in [0.5, 0.6) is 0 Å². The van der Waals surface area contributed by atoms with Gasteiger partial charge in [0.25, 0.3) is 5.56 Å². The van der Waals surface area contributed by atoms with Gasteiger partial charge in [0.2, 0.25) is 0 Å². The molecule has 0 atom stereocenters. The molecular weight excluding hydrogens is 194 g/mol. The minimum absolute atomic E-state index is 0.340. The van der Waals surface area contributed by atoms with Gasteiger partial charge in [0.15, 0.2) is 0 Å². The maximum atomic E-state index is 11.0. The van der Waals surface area contributed by atoms with Crippen LogP contribution in [0.1, 0.15) is 19.5 Å². The van der Waals surface area contributed by atoms with Crippen molar-refractivity contribution < 1.29 is 0 Å². The van der Waals surface area contributed by atoms with Crippen molar-refractivity contribution in [1.29, 1.82) is 0 Å². The second kappa shape index (κ2) is 5.50. The summed E-state index contributed by atoms with van der Waals surface area (Å²) < 4.78 is 0. The predicted octanol–water partition coefficient (Wildman–Crippen LogP) is -0.0525. The van der Waals surface area contributed by atoms with Crippen molar-refractivity contribution in [2.24, 2.45) is 0 Å². The van der Waals surface area contributed by atoms with Gasteiger partial charge in [0.05, 0.1) is 0 Å². The third-order valence-electron chi connectivity index (χ3n) is 2.41. The molecule has 0 fully saturated rings. The highest BCUT2D eigenvalue weighted by Gasteiger charge is 2.01. The monoisotopic (exact) mass is 211 g/mol. The summed E-state index contributed by atoms with van der Waals surface area (Å²) in [5, 5.41) is 0. The first-order chi connectivity index (χ1) is 7.15. The predicted molar refractivity (Wildman–Crippen MR) is 59.2 cm³/mol. The van der Waals surface area contributed by atoms with Gasteiger partial charge in [-0.1, -0.05) is 13.8 Å². The van der Waals surface area contributed by atoms with E-state index >= 15 is 0 Å². The Balaban J connectivity index is 2.65. The fourth-order valence-corrected chi connectivity index (χ4v) is 1.47. The fraction of sp³-hybridized carbons (Fsp3) is 0.600. The maximum Gasteiger partial charge on any atom is 0.325 e. The molecule has 0 aliphatic rings. The van der Waals surface area contributed by atoms with Crippen LogP contribution in [-0.4, -0.2) is 34.5 Å². The second-order valence-electron chi connectivity index (χ2n) is 3.39. The van der Waals surface area contributed by atoms with E-state index in [-0.39, 0.29) is 5.56 Å². The lowest BCUT2D eigenvalue weighted by Crippen LogP contribution is -2.28. The number of H-pyrrole nitrogens is 2. The third kappa shape index (κ3) is 3.71. The Morgan fingerprint density at radius 2 is 1.87 bits per heavy atom. The maximum absolute atomic E-state index is 11.0. The van der Waals surface area contributed by atoms with Gasteiger partial charge in [-0.2, -0.15) is 0 Å². The van der Waals surface area contributed by atoms with E-state index in [1.54, 1.807) is 0 Å². The molecule has 0 aliphatic heterocycles. The Bertz CT molecular complexity index is 375. The van der Waals surface area contributed by atoms with Crippen molar-refractivity contribution in [2.45, 2.75) is 20.3 Å². The first-order valence-corrected chi connectivity index (χ1v) is 5.20. The Hall–Kier alpha value is -1.36. The highest BCUT2D eigenvalue weighted by Crippen LogP contribution is 1.93. The van der Waals surface area contributed by atoms with Gasteiger partial charge in [-0.25, -0.2) is 4.79 Å². The van der Waals surface area contributed by atoms with Crippen molar-refractivity contribution in [1.82, 2.24) is 14.9 Å². The fourth-order valence-electron chi connectivity index (χ4n) is 1.47. The number of aromatic amines is 2. The Kier molecular flexibility index (Phi) is 4.30. The zero-order valence-electron chi connectivity index (χ0n) is 9.17. The average Bonchev–Trinajstić information content (AvgIpc) is 2.18. The number of nitrogens with one attached hydrogen (secondary N) is 2. The standard InChI is InChI=1S/C10H17N3O2/c1-3-13(4-2)6-5-8-7-9(14)12-10(15)11-8/h7H,3-6H2,1-2H3,(H2,11,12,14,15). The zero-order valence-corrected chi connectivity index (χ0v) is 9.17. The van der Waals surface area contributed by atoms with Gasteiger partial charge in [-0.15, -0.1) is 0 Å². The van der Waals surface area contributed by atoms with Crippen LogP contribution in [0, 0.1) is 0 Å². The number of likely N-dealkylation sites (N-methyl/N-ethyl adjacent to an activating group) is 1. The average molecular weight is 211 g/mol. The topological polar surface area (TPSA) is 69.0 Å². The molecule has 0 saturated heterocycles. The van der Waals surface area contributed by atoms with Gasteiger partial charge in [-0.05, 0) is 13.1 Å². The van der Waals surface area contributed by atoms with Crippen molar-refractivity contribution in [3.05, 3.63) is 32.6 Å². The molecular formula is C10H17N3O2. The van der Waals surface area contributed by atoms with Gasteiger partial charge in [-0.3, -0.25) is 9.78 Å². The molecule has 2 N–H and O–H groups in total. The lowest BCUT2D eigenvalue weighted by atomic mass is 10.3. The van der Waals surface area contributed by atoms with Crippen LogP contribution in [-0.2, 0) is 6.42 Å². The van der Waals surface area contributed by atoms with Crippen LogP contribution in [0.4, 0.5) is 0 Å². The summed E-state index contributed by atoms with van der Waals surface area (Å²) in [6.07, 6.45) is 0.695. The Morgan fingerprint density at radius 1 is 1.20 bits per heavy atom. The van der Waals surface area contributed by atoms with Crippen LogP contribution in [0.25, 0.3) is 0 Å². The van der Waals surface area contributed by atoms with Crippen LogP contribution in [0.2, 0.25) is 0 Å². The number of aromatic nitrogens is 2. The van der Waals surface area contributed by atoms with Crippen LogP contribution in [0.3, 0.4) is 0 Å². The lowest BCUT2D eigenvalue weighted by Gasteiger charge is -2.17. The molecule has 5 heteroatoms. The van der Waals surface area contributed by atoms with Gasteiger partial charge in [0.1, 0.15) is 0 Å². The van der Waals surface area contributed by atoms with E-state index in [1.807, 2.05) is 0 Å². The van der Waals surface area contributed by atoms with E-state index in [1.165, 1.54) is 6.07 Å². The largest absolute Gasteiger partial charge is 0.325 e. The summed E-state index contributed by atoms with van der Waals surface area (Å²) in [6.45, 7) is 6.98. The number of hydrogen-bond acceptors (Lipinski definition) is 3. The Morgan fingerprint density at radius 3 is 2.40 bits per heavy atom. The normalized spacial score (nSPS) is 10.9. The third-order valence-corrected chi connectivity index (χ3v) is 2.41. The van der Waals surface area contributed by atoms with Crippen molar-refractivity contribution >= 4 is 0 Å². The number of nitrogens with zero attached hydrogens (tertiary/aromatic N) is 1. The molecule has 1 aromatic rings. The first-order valence-electron chi connectivity index (χ1n) is 5.20. The van der Waals surface area contributed by atoms with E-state index in [4.69, 9.17) is 0 Å². The van der Waals surface area contributed by atoms with E-state index < -0.39 is 5.69 Å². The summed E-state index contributed by atoms with van der Waals surface area (Å²) in [5.41, 5.74) is -0.0824. The molecule has 0 aromatic carbocycles. The van der Waals surface area contributed by atoms with Gasteiger partial charge in [0, 0.05) is 24.7 Å². The highest BCUT2D eigenvalue weighted by molar-refractivity contribution is 4.98. The first kappa shape index (κ1) is 11.7. The van der Waals surface area contributed by atoms with Crippen molar-refractivity contribution in [3.63, 3.8) is 0 Å². The number of rotatable bonds is 5. The van der Waals surface area contributed by atoms with Crippen molar-refractivity contribution in [3.8, 4) is 0 Å². The van der Waals surface area contributed by atoms with Gasteiger partial charge < -0.3 is 9.88 Å². The molecule has 0 spiro atoms. The lowest BCUT2D eigenvalue weighted by molar-refractivity contribution is 0.307. The zero-order chi connectivity index (χ0) is 11.3. The molecule has 0 unspecified atom stereocenters. The molecule has 84 valence electrons. The molecule has 15 heavy (non-hydrogen) atoms. The van der Waals surface area contributed by atoms with Gasteiger partial charge >= 0.3 is 5.69 Å². The van der Waals surface area contributed by atoms with Crippen LogP contribution >= 0.6 is 0 Å². The number of hydrogen-bond donors (Lipinski definition) is 2. The summed E-state index contributed by atoms with van der Waals surface area (Å²) in [7, 11) is 0. The summed E-state index contributed by atoms with van der Waals surface area (Å²) >= 11 is 0. The molecule has 0 amide bonds. The van der Waals surface area contributed by atoms with E-state index in [2.05, 4.69) is 28.7 Å². The summed E-state index contributed by atoms with van der Waals surface area (Å²) in [6, 6.07) is 1.44. The molecule has 5 nitrogen and oxygen atoms in total. The molecule has 0 aliphatic carbocycles. The Labute approximate surface area is 88.1 Å². The van der Waals surface area contributed by atoms with Crippen LogP contribution in [0.15, 0.2) is 15.7 Å². The minimum Gasteiger partial charge on any atom is -0.311 e. The molecule has 1 heterocycles. The van der Waals surface area contributed by atoms with E-state index in [0.717, 1.165) is 19.6 Å². The molecule has 0 radical (unpaired) electrons. The summed E-state index contributed by atoms with van der Waals surface area (Å²) in [5.74, 6) is 0. The summed E-state index contributed by atoms with van der Waals surface area (Å²) in [4.78, 5) is 29.0. The smallest absolute Gasteiger partial charge is 0.311 e. The van der Waals surface area contributed by atoms with E-state index in [0.29, 0.717) is 12.1 Å². The van der Waals surface area contributed by atoms with E-state index in [9.17, 15) is 9.59 Å². The molecule has 0 bridgehead atoms. The van der Waals surface area contributed by atoms with Crippen LogP contribution < -0.4 is 11.2 Å². The molecule has 1 aromatic heterocycles. The quantitative estimate of drug-likeness (QED) is 0.717. The van der Waals surface area contributed by atoms with Crippen molar-refractivity contribution in [2.75, 3.05) is 19.6 Å². The SMILES string of the molecule is CCN(CC)CCc1cc(=O)[nH]c(=O)[nH]1. The highest BCUT2D eigenvalue weighted by atomic mass is 16.2. The molecule has 0 saturated carbocycles. The minimum atomic E-state index is -0.433.